The van der Waals surface area contributed by atoms with Crippen molar-refractivity contribution in [2.75, 3.05) is 10.2 Å². The van der Waals surface area contributed by atoms with E-state index in [1.165, 1.54) is 0 Å². The third kappa shape index (κ3) is 3.37. The summed E-state index contributed by atoms with van der Waals surface area (Å²) in [6.45, 7) is 1.99. The van der Waals surface area contributed by atoms with Crippen LogP contribution in [0.3, 0.4) is 0 Å². The number of nitrogens with zero attached hydrogens (tertiary/aromatic N) is 1. The maximum Gasteiger partial charge on any atom is 0.247 e. The number of carbonyl (C=O) groups is 2. The maximum absolute atomic E-state index is 12.6. The van der Waals surface area contributed by atoms with Crippen molar-refractivity contribution in [3.05, 3.63) is 59.1 Å². The van der Waals surface area contributed by atoms with Gasteiger partial charge in [-0.25, -0.2) is 0 Å². The number of halogens is 1. The summed E-state index contributed by atoms with van der Waals surface area (Å²) in [6.07, 6.45) is 0.883. The first-order valence-corrected chi connectivity index (χ1v) is 7.87. The third-order valence-electron chi connectivity index (χ3n) is 3.94. The lowest BCUT2D eigenvalue weighted by Crippen LogP contribution is -2.41. The molecule has 2 aromatic carbocycles. The van der Waals surface area contributed by atoms with E-state index in [1.807, 2.05) is 31.2 Å². The highest BCUT2D eigenvalue weighted by Crippen LogP contribution is 2.28. The largest absolute Gasteiger partial charge is 0.324 e. The summed E-state index contributed by atoms with van der Waals surface area (Å²) in [5.41, 5.74) is 2.55. The van der Waals surface area contributed by atoms with Crippen LogP contribution < -0.4 is 10.2 Å². The molecule has 2 amide bonds. The minimum atomic E-state index is -0.495. The van der Waals surface area contributed by atoms with Gasteiger partial charge in [0.1, 0.15) is 6.04 Å². The summed E-state index contributed by atoms with van der Waals surface area (Å²) in [5, 5.41) is 3.48. The predicted molar refractivity (Wildman–Crippen MR) is 91.8 cm³/mol. The second-order valence-electron chi connectivity index (χ2n) is 5.65. The van der Waals surface area contributed by atoms with E-state index in [9.17, 15) is 9.59 Å². The lowest BCUT2D eigenvalue weighted by atomic mass is 10.1. The smallest absolute Gasteiger partial charge is 0.247 e. The van der Waals surface area contributed by atoms with Gasteiger partial charge in [-0.05, 0) is 49.7 Å². The van der Waals surface area contributed by atoms with Gasteiger partial charge < -0.3 is 5.32 Å². The second kappa shape index (κ2) is 6.42. The van der Waals surface area contributed by atoms with E-state index in [-0.39, 0.29) is 11.8 Å². The zero-order valence-corrected chi connectivity index (χ0v) is 13.5. The standard InChI is InChI=1S/C18H17ClN2O2/c1-12-2-6-14(7-3-12)20-18(23)16-10-11-17(22)21(16)15-8-4-13(19)5-9-15/h2-9,16H,10-11H2,1H3,(H,20,23). The number of aryl methyl sites for hydroxylation is 1. The molecule has 0 aromatic heterocycles. The van der Waals surface area contributed by atoms with E-state index < -0.39 is 6.04 Å². The molecule has 3 rings (SSSR count). The molecule has 0 saturated carbocycles. The molecule has 1 heterocycles. The summed E-state index contributed by atoms with van der Waals surface area (Å²) in [7, 11) is 0. The van der Waals surface area contributed by atoms with Gasteiger partial charge in [0.2, 0.25) is 11.8 Å². The van der Waals surface area contributed by atoms with Crippen molar-refractivity contribution in [1.29, 1.82) is 0 Å². The first kappa shape index (κ1) is 15.6. The predicted octanol–water partition coefficient (Wildman–Crippen LogP) is 3.78. The van der Waals surface area contributed by atoms with Gasteiger partial charge in [-0.2, -0.15) is 0 Å². The first-order valence-electron chi connectivity index (χ1n) is 7.50. The molecule has 0 radical (unpaired) electrons. The Balaban J connectivity index is 1.79. The van der Waals surface area contributed by atoms with Gasteiger partial charge in [0.15, 0.2) is 0 Å². The van der Waals surface area contributed by atoms with E-state index in [2.05, 4.69) is 5.32 Å². The van der Waals surface area contributed by atoms with Crippen molar-refractivity contribution >= 4 is 34.8 Å². The SMILES string of the molecule is Cc1ccc(NC(=O)C2CCC(=O)N2c2ccc(Cl)cc2)cc1. The molecule has 0 aliphatic carbocycles. The normalized spacial score (nSPS) is 17.4. The van der Waals surface area contributed by atoms with Crippen LogP contribution in [0.2, 0.25) is 5.02 Å². The number of amides is 2. The maximum atomic E-state index is 12.6. The molecular weight excluding hydrogens is 312 g/mol. The van der Waals surface area contributed by atoms with Gasteiger partial charge in [0.05, 0.1) is 0 Å². The molecule has 0 bridgehead atoms. The lowest BCUT2D eigenvalue weighted by molar-refractivity contribution is -0.120. The van der Waals surface area contributed by atoms with Crippen LogP contribution in [0.4, 0.5) is 11.4 Å². The Morgan fingerprint density at radius 2 is 1.78 bits per heavy atom. The van der Waals surface area contributed by atoms with Gasteiger partial charge in [-0.15, -0.1) is 0 Å². The Kier molecular flexibility index (Phi) is 4.35. The highest BCUT2D eigenvalue weighted by atomic mass is 35.5. The fraction of sp³-hybridized carbons (Fsp3) is 0.222. The van der Waals surface area contributed by atoms with Crippen LogP contribution in [0, 0.1) is 6.92 Å². The van der Waals surface area contributed by atoms with Crippen LogP contribution >= 0.6 is 11.6 Å². The zero-order chi connectivity index (χ0) is 16.4. The van der Waals surface area contributed by atoms with Crippen LogP contribution in [0.1, 0.15) is 18.4 Å². The summed E-state index contributed by atoms with van der Waals surface area (Å²) in [5.74, 6) is -0.217. The molecule has 1 N–H and O–H groups in total. The Labute approximate surface area is 140 Å². The molecule has 1 saturated heterocycles. The Morgan fingerprint density at radius 3 is 2.43 bits per heavy atom. The Hall–Kier alpha value is -2.33. The number of rotatable bonds is 3. The number of carbonyl (C=O) groups excluding carboxylic acids is 2. The molecule has 1 unspecified atom stereocenters. The van der Waals surface area contributed by atoms with E-state index in [1.54, 1.807) is 29.2 Å². The number of hydrogen-bond acceptors (Lipinski definition) is 2. The van der Waals surface area contributed by atoms with Gasteiger partial charge in [0, 0.05) is 22.8 Å². The van der Waals surface area contributed by atoms with Crippen LogP contribution in [0.25, 0.3) is 0 Å². The summed E-state index contributed by atoms with van der Waals surface area (Å²) < 4.78 is 0. The van der Waals surface area contributed by atoms with Gasteiger partial charge in [0.25, 0.3) is 0 Å². The van der Waals surface area contributed by atoms with E-state index in [0.29, 0.717) is 23.6 Å². The van der Waals surface area contributed by atoms with Gasteiger partial charge >= 0.3 is 0 Å². The monoisotopic (exact) mass is 328 g/mol. The molecule has 1 atom stereocenters. The number of hydrogen-bond donors (Lipinski definition) is 1. The van der Waals surface area contributed by atoms with Crippen molar-refractivity contribution in [1.82, 2.24) is 0 Å². The first-order chi connectivity index (χ1) is 11.0. The fourth-order valence-corrected chi connectivity index (χ4v) is 2.85. The third-order valence-corrected chi connectivity index (χ3v) is 4.19. The van der Waals surface area contributed by atoms with E-state index in [4.69, 9.17) is 11.6 Å². The Bertz CT molecular complexity index is 726. The summed E-state index contributed by atoms with van der Waals surface area (Å²) >= 11 is 5.89. The summed E-state index contributed by atoms with van der Waals surface area (Å²) in [4.78, 5) is 26.3. The highest BCUT2D eigenvalue weighted by molar-refractivity contribution is 6.30. The molecule has 5 heteroatoms. The van der Waals surface area contributed by atoms with Crippen molar-refractivity contribution in [2.24, 2.45) is 0 Å². The molecule has 1 fully saturated rings. The molecule has 1 aliphatic heterocycles. The molecular formula is C18H17ClN2O2. The van der Waals surface area contributed by atoms with Crippen molar-refractivity contribution < 1.29 is 9.59 Å². The summed E-state index contributed by atoms with van der Waals surface area (Å²) in [6, 6.07) is 14.1. The van der Waals surface area contributed by atoms with Gasteiger partial charge in [-0.3, -0.25) is 14.5 Å². The van der Waals surface area contributed by atoms with E-state index in [0.717, 1.165) is 11.3 Å². The number of anilines is 2. The van der Waals surface area contributed by atoms with Crippen molar-refractivity contribution in [2.45, 2.75) is 25.8 Å². The van der Waals surface area contributed by atoms with Crippen molar-refractivity contribution in [3.63, 3.8) is 0 Å². The van der Waals surface area contributed by atoms with Gasteiger partial charge in [-0.1, -0.05) is 29.3 Å². The minimum Gasteiger partial charge on any atom is -0.324 e. The average Bonchev–Trinajstić information content (AvgIpc) is 2.92. The number of nitrogens with one attached hydrogen (secondary N) is 1. The zero-order valence-electron chi connectivity index (χ0n) is 12.8. The van der Waals surface area contributed by atoms with Crippen LogP contribution in [-0.4, -0.2) is 17.9 Å². The topological polar surface area (TPSA) is 49.4 Å². The molecule has 23 heavy (non-hydrogen) atoms. The molecule has 4 nitrogen and oxygen atoms in total. The minimum absolute atomic E-state index is 0.0450. The lowest BCUT2D eigenvalue weighted by Gasteiger charge is -2.24. The van der Waals surface area contributed by atoms with Crippen LogP contribution in [0.5, 0.6) is 0 Å². The quantitative estimate of drug-likeness (QED) is 0.932. The molecule has 118 valence electrons. The van der Waals surface area contributed by atoms with Crippen LogP contribution in [-0.2, 0) is 9.59 Å². The molecule has 0 spiro atoms. The molecule has 2 aromatic rings. The molecule has 1 aliphatic rings. The fourth-order valence-electron chi connectivity index (χ4n) is 2.72. The van der Waals surface area contributed by atoms with E-state index >= 15 is 0 Å². The Morgan fingerprint density at radius 1 is 1.13 bits per heavy atom. The highest BCUT2D eigenvalue weighted by Gasteiger charge is 2.37. The van der Waals surface area contributed by atoms with Crippen molar-refractivity contribution in [3.8, 4) is 0 Å². The van der Waals surface area contributed by atoms with Crippen LogP contribution in [0.15, 0.2) is 48.5 Å². The second-order valence-corrected chi connectivity index (χ2v) is 6.09. The average molecular weight is 329 g/mol. The number of benzene rings is 2.